The Morgan fingerprint density at radius 1 is 1.12 bits per heavy atom. The summed E-state index contributed by atoms with van der Waals surface area (Å²) < 4.78 is 30.6. The van der Waals surface area contributed by atoms with Gasteiger partial charge in [0.15, 0.2) is 0 Å². The number of fused-ring (bicyclic) bond motifs is 3. The lowest BCUT2D eigenvalue weighted by atomic mass is 9.91. The average molecular weight is 585 g/mol. The van der Waals surface area contributed by atoms with Gasteiger partial charge in [0.2, 0.25) is 5.88 Å². The number of halogens is 1. The van der Waals surface area contributed by atoms with E-state index in [-0.39, 0.29) is 29.7 Å². The van der Waals surface area contributed by atoms with E-state index in [1.807, 2.05) is 73.4 Å². The summed E-state index contributed by atoms with van der Waals surface area (Å²) in [4.78, 5) is 15.0. The molecule has 2 saturated heterocycles. The molecule has 0 spiro atoms. The van der Waals surface area contributed by atoms with Gasteiger partial charge in [-0.2, -0.15) is 15.5 Å². The normalized spacial score (nSPS) is 19.9. The van der Waals surface area contributed by atoms with Crippen molar-refractivity contribution in [1.82, 2.24) is 24.5 Å². The van der Waals surface area contributed by atoms with Crippen molar-refractivity contribution in [3.8, 4) is 34.3 Å². The Morgan fingerprint density at radius 3 is 2.49 bits per heavy atom. The lowest BCUT2D eigenvalue weighted by molar-refractivity contribution is 0.000762. The molecule has 4 aromatic rings. The van der Waals surface area contributed by atoms with Gasteiger partial charge in [0.05, 0.1) is 29.4 Å². The first-order valence-electron chi connectivity index (χ1n) is 14.9. The SMILES string of the molecule is CCOc1c(-c2ccc3c(cnn3C)c2)c(-c2ccc(C#N)c(F)c2)nn1CC1C[C@H]2CC[C@@H](C1)N2C(=O)OC(C)(C)C. The van der Waals surface area contributed by atoms with Crippen LogP contribution in [0.25, 0.3) is 33.3 Å². The molecular weight excluding hydrogens is 547 g/mol. The van der Waals surface area contributed by atoms with E-state index in [9.17, 15) is 14.4 Å². The Balaban J connectivity index is 1.39. The first-order chi connectivity index (χ1) is 20.6. The molecule has 6 rings (SSSR count). The monoisotopic (exact) mass is 584 g/mol. The molecule has 9 nitrogen and oxygen atoms in total. The van der Waals surface area contributed by atoms with Crippen molar-refractivity contribution in [2.75, 3.05) is 6.61 Å². The summed E-state index contributed by atoms with van der Waals surface area (Å²) in [5.74, 6) is 0.300. The van der Waals surface area contributed by atoms with Crippen LogP contribution in [-0.2, 0) is 18.3 Å². The molecule has 224 valence electrons. The highest BCUT2D eigenvalue weighted by atomic mass is 19.1. The maximum Gasteiger partial charge on any atom is 0.410 e. The Hall–Kier alpha value is -4.39. The first kappa shape index (κ1) is 28.7. The minimum absolute atomic E-state index is 0.0150. The number of aromatic nitrogens is 4. The fourth-order valence-electron chi connectivity index (χ4n) is 6.68. The summed E-state index contributed by atoms with van der Waals surface area (Å²) in [6, 6.07) is 12.8. The number of carbonyl (C=O) groups excluding carboxylic acids is 1. The summed E-state index contributed by atoms with van der Waals surface area (Å²) in [7, 11) is 1.90. The minimum atomic E-state index is -0.590. The van der Waals surface area contributed by atoms with Crippen molar-refractivity contribution >= 4 is 17.0 Å². The molecule has 2 bridgehead atoms. The van der Waals surface area contributed by atoms with Gasteiger partial charge >= 0.3 is 6.09 Å². The van der Waals surface area contributed by atoms with E-state index in [1.165, 1.54) is 12.1 Å². The van der Waals surface area contributed by atoms with Gasteiger partial charge in [0.25, 0.3) is 0 Å². The van der Waals surface area contributed by atoms with Gasteiger partial charge in [-0.25, -0.2) is 13.9 Å². The molecule has 2 aliphatic heterocycles. The quantitative estimate of drug-likeness (QED) is 0.250. The third-order valence-electron chi connectivity index (χ3n) is 8.45. The molecule has 4 heterocycles. The Morgan fingerprint density at radius 2 is 1.84 bits per heavy atom. The van der Waals surface area contributed by atoms with Gasteiger partial charge in [-0.1, -0.05) is 12.1 Å². The van der Waals surface area contributed by atoms with E-state index >= 15 is 0 Å². The number of aryl methyl sites for hydroxylation is 1. The zero-order chi connectivity index (χ0) is 30.5. The zero-order valence-corrected chi connectivity index (χ0v) is 25.3. The van der Waals surface area contributed by atoms with Crippen molar-refractivity contribution in [1.29, 1.82) is 5.26 Å². The minimum Gasteiger partial charge on any atom is -0.478 e. The van der Waals surface area contributed by atoms with Gasteiger partial charge in [-0.15, -0.1) is 0 Å². The molecule has 0 saturated carbocycles. The van der Waals surface area contributed by atoms with Crippen LogP contribution in [0.15, 0.2) is 42.6 Å². The van der Waals surface area contributed by atoms with E-state index < -0.39 is 11.4 Å². The van der Waals surface area contributed by atoms with Crippen LogP contribution in [-0.4, -0.2) is 54.8 Å². The Labute approximate surface area is 250 Å². The van der Waals surface area contributed by atoms with E-state index in [1.54, 1.807) is 6.07 Å². The summed E-state index contributed by atoms with van der Waals surface area (Å²) >= 11 is 0. The molecule has 10 heteroatoms. The van der Waals surface area contributed by atoms with Crippen LogP contribution in [0, 0.1) is 23.1 Å². The van der Waals surface area contributed by atoms with Crippen LogP contribution in [0.2, 0.25) is 0 Å². The van der Waals surface area contributed by atoms with Gasteiger partial charge in [0, 0.05) is 36.6 Å². The molecule has 2 fully saturated rings. The fraction of sp³-hybridized carbons (Fsp3) is 0.455. The molecule has 1 unspecified atom stereocenters. The molecule has 1 amide bonds. The molecule has 3 atom stereocenters. The van der Waals surface area contributed by atoms with Gasteiger partial charge < -0.3 is 14.4 Å². The summed E-state index contributed by atoms with van der Waals surface area (Å²) in [6.07, 6.45) is 5.20. The number of nitrogens with zero attached hydrogens (tertiary/aromatic N) is 6. The highest BCUT2D eigenvalue weighted by molar-refractivity contribution is 5.91. The summed E-state index contributed by atoms with van der Waals surface area (Å²) in [5, 5.41) is 19.7. The van der Waals surface area contributed by atoms with Crippen molar-refractivity contribution in [3.05, 3.63) is 54.0 Å². The van der Waals surface area contributed by atoms with Crippen LogP contribution in [0.5, 0.6) is 5.88 Å². The number of ether oxygens (including phenoxy) is 2. The van der Waals surface area contributed by atoms with Crippen LogP contribution in [0.1, 0.15) is 58.9 Å². The molecule has 43 heavy (non-hydrogen) atoms. The molecule has 2 aromatic carbocycles. The highest BCUT2D eigenvalue weighted by Gasteiger charge is 2.45. The summed E-state index contributed by atoms with van der Waals surface area (Å²) in [6.45, 7) is 8.66. The van der Waals surface area contributed by atoms with E-state index in [4.69, 9.17) is 14.6 Å². The van der Waals surface area contributed by atoms with Crippen molar-refractivity contribution in [3.63, 3.8) is 0 Å². The van der Waals surface area contributed by atoms with Crippen LogP contribution >= 0.6 is 0 Å². The second kappa shape index (κ2) is 11.0. The first-order valence-corrected chi connectivity index (χ1v) is 14.9. The highest BCUT2D eigenvalue weighted by Crippen LogP contribution is 2.44. The fourth-order valence-corrected chi connectivity index (χ4v) is 6.68. The standard InChI is InChI=1S/C33H37FN6O3/c1-6-42-31-29(21-9-12-28-24(15-21)18-36-38(28)5)30(22-7-8-23(17-35)27(34)16-22)37-39(31)19-20-13-25-10-11-26(14-20)40(25)32(41)43-33(2,3)4/h7-9,12,15-16,18,20,25-26H,6,10-11,13-14,19H2,1-5H3/t20?,25-,26+. The summed E-state index contributed by atoms with van der Waals surface area (Å²) in [5.41, 5.74) is 3.25. The van der Waals surface area contributed by atoms with Crippen molar-refractivity contribution in [2.24, 2.45) is 13.0 Å². The predicted octanol–water partition coefficient (Wildman–Crippen LogP) is 6.69. The van der Waals surface area contributed by atoms with Gasteiger partial charge in [-0.05, 0) is 89.1 Å². The number of piperidine rings is 1. The van der Waals surface area contributed by atoms with Crippen molar-refractivity contribution < 1.29 is 18.7 Å². The number of rotatable bonds is 6. The predicted molar refractivity (Wildman–Crippen MR) is 161 cm³/mol. The number of amides is 1. The Kier molecular flexibility index (Phi) is 7.36. The number of nitriles is 1. The molecule has 0 aliphatic carbocycles. The molecule has 0 N–H and O–H groups in total. The third kappa shape index (κ3) is 5.44. The Bertz CT molecular complexity index is 1710. The smallest absolute Gasteiger partial charge is 0.410 e. The maximum absolute atomic E-state index is 14.9. The lowest BCUT2D eigenvalue weighted by Crippen LogP contribution is -2.49. The van der Waals surface area contributed by atoms with Gasteiger partial charge in [0.1, 0.15) is 23.2 Å². The number of carbonyl (C=O) groups is 1. The van der Waals surface area contributed by atoms with Crippen molar-refractivity contribution in [2.45, 2.75) is 77.6 Å². The second-order valence-corrected chi connectivity index (χ2v) is 12.6. The number of benzene rings is 2. The molecule has 2 aromatic heterocycles. The van der Waals surface area contributed by atoms with Crippen LogP contribution in [0.3, 0.4) is 0 Å². The van der Waals surface area contributed by atoms with E-state index in [0.717, 1.165) is 47.7 Å². The topological polar surface area (TPSA) is 98.2 Å². The van der Waals surface area contributed by atoms with Gasteiger partial charge in [-0.3, -0.25) is 4.68 Å². The van der Waals surface area contributed by atoms with E-state index in [2.05, 4.69) is 11.2 Å². The molecule has 0 radical (unpaired) electrons. The zero-order valence-electron chi connectivity index (χ0n) is 25.3. The molecule has 2 aliphatic rings. The second-order valence-electron chi connectivity index (χ2n) is 12.6. The molecular formula is C33H37FN6O3. The van der Waals surface area contributed by atoms with Crippen LogP contribution in [0.4, 0.5) is 9.18 Å². The van der Waals surface area contributed by atoms with E-state index in [0.29, 0.717) is 30.3 Å². The third-order valence-corrected chi connectivity index (χ3v) is 8.45. The van der Waals surface area contributed by atoms with Crippen LogP contribution < -0.4 is 4.74 Å². The number of hydrogen-bond acceptors (Lipinski definition) is 6. The average Bonchev–Trinajstić information content (AvgIpc) is 3.59. The largest absolute Gasteiger partial charge is 0.478 e. The number of hydrogen-bond donors (Lipinski definition) is 0. The maximum atomic E-state index is 14.9. The lowest BCUT2D eigenvalue weighted by Gasteiger charge is -2.39.